The zero-order valence-electron chi connectivity index (χ0n) is 13.1. The van der Waals surface area contributed by atoms with Crippen LogP contribution in [-0.2, 0) is 15.6 Å². The molecule has 2 heteroatoms. The molecule has 0 aliphatic heterocycles. The van der Waals surface area contributed by atoms with Gasteiger partial charge < -0.3 is 5.11 Å². The summed E-state index contributed by atoms with van der Waals surface area (Å²) >= 11 is 0. The molecule has 1 aliphatic carbocycles. The Morgan fingerprint density at radius 2 is 1.65 bits per heavy atom. The first-order valence-corrected chi connectivity index (χ1v) is 7.20. The van der Waals surface area contributed by atoms with Crippen molar-refractivity contribution < 1.29 is 9.90 Å². The molecule has 0 radical (unpaired) electrons. The summed E-state index contributed by atoms with van der Waals surface area (Å²) in [6, 6.07) is 6.42. The van der Waals surface area contributed by atoms with Crippen molar-refractivity contribution in [2.45, 2.75) is 58.3 Å². The van der Waals surface area contributed by atoms with Crippen molar-refractivity contribution in [1.29, 1.82) is 0 Å². The van der Waals surface area contributed by atoms with E-state index in [0.29, 0.717) is 0 Å². The van der Waals surface area contributed by atoms with E-state index in [0.717, 1.165) is 17.6 Å². The number of hydrogen-bond donors (Lipinski definition) is 1. The zero-order valence-corrected chi connectivity index (χ0v) is 13.1. The molecule has 0 amide bonds. The van der Waals surface area contributed by atoms with Crippen molar-refractivity contribution in [3.05, 3.63) is 41.0 Å². The number of carboxylic acids is 1. The van der Waals surface area contributed by atoms with Crippen LogP contribution in [0.5, 0.6) is 0 Å². The van der Waals surface area contributed by atoms with Crippen LogP contribution in [0.4, 0.5) is 0 Å². The highest BCUT2D eigenvalue weighted by Gasteiger charge is 2.36. The maximum Gasteiger partial charge on any atom is 0.328 e. The highest BCUT2D eigenvalue weighted by Crippen LogP contribution is 2.46. The fourth-order valence-corrected chi connectivity index (χ4v) is 3.10. The first kappa shape index (κ1) is 14.8. The van der Waals surface area contributed by atoms with E-state index >= 15 is 0 Å². The van der Waals surface area contributed by atoms with Crippen LogP contribution in [0.1, 0.15) is 64.2 Å². The Morgan fingerprint density at radius 1 is 1.10 bits per heavy atom. The van der Waals surface area contributed by atoms with Crippen molar-refractivity contribution in [2.24, 2.45) is 0 Å². The summed E-state index contributed by atoms with van der Waals surface area (Å²) in [4.78, 5) is 10.8. The molecule has 1 aliphatic rings. The molecule has 1 N–H and O–H groups in total. The van der Waals surface area contributed by atoms with Gasteiger partial charge in [-0.05, 0) is 52.9 Å². The van der Waals surface area contributed by atoms with E-state index in [9.17, 15) is 4.79 Å². The van der Waals surface area contributed by atoms with Crippen LogP contribution in [0.3, 0.4) is 0 Å². The van der Waals surface area contributed by atoms with Gasteiger partial charge in [0.2, 0.25) is 0 Å². The molecule has 2 rings (SSSR count). The SMILES string of the molecule is C/C(=C\C(=O)O)c1ccc2c(c1)C(C)(C)CCC2(C)C. The largest absolute Gasteiger partial charge is 0.478 e. The Balaban J connectivity index is 2.57. The molecule has 1 aromatic rings. The molecule has 108 valence electrons. The second kappa shape index (κ2) is 4.76. The normalized spacial score (nSPS) is 20.4. The average molecular weight is 272 g/mol. The molecule has 1 aromatic carbocycles. The molecular formula is C18H24O2. The molecule has 0 heterocycles. The number of benzene rings is 1. The lowest BCUT2D eigenvalue weighted by Gasteiger charge is -2.42. The number of carboxylic acid groups (broad SMARTS) is 1. The third-order valence-corrected chi connectivity index (χ3v) is 4.65. The second-order valence-electron chi connectivity index (χ2n) is 7.19. The number of rotatable bonds is 2. The number of aliphatic carboxylic acids is 1. The molecule has 20 heavy (non-hydrogen) atoms. The predicted octanol–water partition coefficient (Wildman–Crippen LogP) is 4.52. The van der Waals surface area contributed by atoms with E-state index in [1.807, 2.05) is 6.92 Å². The van der Waals surface area contributed by atoms with Gasteiger partial charge in [-0.25, -0.2) is 4.79 Å². The Hall–Kier alpha value is -1.57. The Morgan fingerprint density at radius 3 is 2.20 bits per heavy atom. The van der Waals surface area contributed by atoms with Gasteiger partial charge in [-0.15, -0.1) is 0 Å². The van der Waals surface area contributed by atoms with Crippen molar-refractivity contribution >= 4 is 11.5 Å². The summed E-state index contributed by atoms with van der Waals surface area (Å²) in [6.45, 7) is 11.0. The Labute approximate surface area is 121 Å². The number of hydrogen-bond acceptors (Lipinski definition) is 1. The molecule has 0 spiro atoms. The molecule has 2 nitrogen and oxygen atoms in total. The highest BCUT2D eigenvalue weighted by molar-refractivity contribution is 5.89. The van der Waals surface area contributed by atoms with Gasteiger partial charge in [0, 0.05) is 6.08 Å². The second-order valence-corrected chi connectivity index (χ2v) is 7.19. The molecule has 0 saturated carbocycles. The molecule has 0 saturated heterocycles. The van der Waals surface area contributed by atoms with Crippen molar-refractivity contribution in [2.75, 3.05) is 0 Å². The maximum absolute atomic E-state index is 10.8. The summed E-state index contributed by atoms with van der Waals surface area (Å²) in [7, 11) is 0. The van der Waals surface area contributed by atoms with Crippen LogP contribution in [0.2, 0.25) is 0 Å². The lowest BCUT2D eigenvalue weighted by Crippen LogP contribution is -2.33. The van der Waals surface area contributed by atoms with Crippen LogP contribution < -0.4 is 0 Å². The van der Waals surface area contributed by atoms with Crippen molar-refractivity contribution in [3.8, 4) is 0 Å². The smallest absolute Gasteiger partial charge is 0.328 e. The van der Waals surface area contributed by atoms with Crippen LogP contribution in [-0.4, -0.2) is 11.1 Å². The minimum absolute atomic E-state index is 0.157. The van der Waals surface area contributed by atoms with Gasteiger partial charge >= 0.3 is 5.97 Å². The quantitative estimate of drug-likeness (QED) is 0.803. The van der Waals surface area contributed by atoms with Crippen LogP contribution in [0.15, 0.2) is 24.3 Å². The van der Waals surface area contributed by atoms with Gasteiger partial charge in [0.15, 0.2) is 0 Å². The molecule has 0 aromatic heterocycles. The lowest BCUT2D eigenvalue weighted by molar-refractivity contribution is -0.131. The number of allylic oxidation sites excluding steroid dienone is 1. The first-order valence-electron chi connectivity index (χ1n) is 7.20. The topological polar surface area (TPSA) is 37.3 Å². The Kier molecular flexibility index (Phi) is 3.53. The zero-order chi connectivity index (χ0) is 15.1. The van der Waals surface area contributed by atoms with Gasteiger partial charge in [-0.2, -0.15) is 0 Å². The third-order valence-electron chi connectivity index (χ3n) is 4.65. The van der Waals surface area contributed by atoms with E-state index in [2.05, 4.69) is 45.9 Å². The summed E-state index contributed by atoms with van der Waals surface area (Å²) in [6.07, 6.45) is 3.64. The van der Waals surface area contributed by atoms with Gasteiger partial charge in [0.25, 0.3) is 0 Å². The average Bonchev–Trinajstić information content (AvgIpc) is 2.34. The van der Waals surface area contributed by atoms with E-state index in [1.165, 1.54) is 23.6 Å². The van der Waals surface area contributed by atoms with Gasteiger partial charge in [-0.3, -0.25) is 0 Å². The minimum Gasteiger partial charge on any atom is -0.478 e. The van der Waals surface area contributed by atoms with E-state index in [-0.39, 0.29) is 10.8 Å². The lowest BCUT2D eigenvalue weighted by atomic mass is 9.63. The molecule has 0 unspecified atom stereocenters. The van der Waals surface area contributed by atoms with E-state index < -0.39 is 5.97 Å². The number of carbonyl (C=O) groups is 1. The molecule has 0 bridgehead atoms. The summed E-state index contributed by atoms with van der Waals surface area (Å²) in [5.74, 6) is -0.889. The van der Waals surface area contributed by atoms with Crippen molar-refractivity contribution in [3.63, 3.8) is 0 Å². The first-order chi connectivity index (χ1) is 9.13. The summed E-state index contributed by atoms with van der Waals surface area (Å²) in [5.41, 5.74) is 4.94. The van der Waals surface area contributed by atoms with Crippen LogP contribution in [0, 0.1) is 0 Å². The Bertz CT molecular complexity index is 577. The van der Waals surface area contributed by atoms with E-state index in [1.54, 1.807) is 0 Å². The standard InChI is InChI=1S/C18H24O2/c1-12(10-16(19)20)13-6-7-14-15(11-13)18(4,5)9-8-17(14,2)3/h6-7,10-11H,8-9H2,1-5H3,(H,19,20)/b12-10+. The van der Waals surface area contributed by atoms with Gasteiger partial charge in [0.1, 0.15) is 0 Å². The maximum atomic E-state index is 10.8. The highest BCUT2D eigenvalue weighted by atomic mass is 16.4. The van der Waals surface area contributed by atoms with Crippen molar-refractivity contribution in [1.82, 2.24) is 0 Å². The van der Waals surface area contributed by atoms with E-state index in [4.69, 9.17) is 5.11 Å². The predicted molar refractivity (Wildman–Crippen MR) is 83.0 cm³/mol. The van der Waals surface area contributed by atoms with Gasteiger partial charge in [0.05, 0.1) is 0 Å². The third kappa shape index (κ3) is 2.65. The fourth-order valence-electron chi connectivity index (χ4n) is 3.10. The van der Waals surface area contributed by atoms with Crippen LogP contribution >= 0.6 is 0 Å². The fraction of sp³-hybridized carbons (Fsp3) is 0.500. The minimum atomic E-state index is -0.889. The van der Waals surface area contributed by atoms with Gasteiger partial charge in [-0.1, -0.05) is 45.9 Å². The summed E-state index contributed by atoms with van der Waals surface area (Å²) < 4.78 is 0. The number of fused-ring (bicyclic) bond motifs is 1. The molecule has 0 fully saturated rings. The summed E-state index contributed by atoms with van der Waals surface area (Å²) in [5, 5.41) is 8.89. The molecule has 0 atom stereocenters. The van der Waals surface area contributed by atoms with Crippen LogP contribution in [0.25, 0.3) is 5.57 Å². The monoisotopic (exact) mass is 272 g/mol. The molecular weight excluding hydrogens is 248 g/mol.